The Balaban J connectivity index is 2.40. The van der Waals surface area contributed by atoms with Gasteiger partial charge in [-0.3, -0.25) is 10.1 Å². The Hall–Kier alpha value is -1.64. The van der Waals surface area contributed by atoms with E-state index >= 15 is 0 Å². The van der Waals surface area contributed by atoms with Crippen LogP contribution in [0.3, 0.4) is 0 Å². The van der Waals surface area contributed by atoms with E-state index in [1.165, 1.54) is 0 Å². The van der Waals surface area contributed by atoms with Crippen molar-refractivity contribution in [2.75, 3.05) is 13.2 Å². The summed E-state index contributed by atoms with van der Waals surface area (Å²) in [5.74, 6) is -1.27. The van der Waals surface area contributed by atoms with Gasteiger partial charge in [0.05, 0.1) is 5.56 Å². The van der Waals surface area contributed by atoms with E-state index in [1.54, 1.807) is 24.3 Å². The lowest BCUT2D eigenvalue weighted by atomic mass is 10.2. The third kappa shape index (κ3) is 5.55. The molecule has 0 aliphatic carbocycles. The molecule has 1 rings (SSSR count). The van der Waals surface area contributed by atoms with Crippen molar-refractivity contribution in [1.29, 1.82) is 0 Å². The lowest BCUT2D eigenvalue weighted by molar-refractivity contribution is -0.123. The van der Waals surface area contributed by atoms with Gasteiger partial charge in [0.1, 0.15) is 0 Å². The molecular formula is C13H15IN2O4. The molecule has 108 valence electrons. The Morgan fingerprint density at radius 1 is 1.25 bits per heavy atom. The van der Waals surface area contributed by atoms with E-state index in [9.17, 15) is 14.4 Å². The smallest absolute Gasteiger partial charge is 0.339 e. The first-order valence-corrected chi connectivity index (χ1v) is 7.11. The first-order valence-electron chi connectivity index (χ1n) is 6.04. The highest BCUT2D eigenvalue weighted by Crippen LogP contribution is 2.12. The first-order chi connectivity index (χ1) is 9.54. The fourth-order valence-corrected chi connectivity index (χ4v) is 1.89. The Morgan fingerprint density at radius 3 is 2.60 bits per heavy atom. The van der Waals surface area contributed by atoms with Gasteiger partial charge in [-0.25, -0.2) is 9.59 Å². The van der Waals surface area contributed by atoms with Crippen molar-refractivity contribution in [2.24, 2.45) is 0 Å². The van der Waals surface area contributed by atoms with E-state index in [4.69, 9.17) is 4.74 Å². The van der Waals surface area contributed by atoms with Gasteiger partial charge in [-0.05, 0) is 41.1 Å². The molecule has 20 heavy (non-hydrogen) atoms. The van der Waals surface area contributed by atoms with Gasteiger partial charge in [0.2, 0.25) is 0 Å². The molecule has 0 heterocycles. The van der Waals surface area contributed by atoms with Crippen LogP contribution in [0.25, 0.3) is 0 Å². The quantitative estimate of drug-likeness (QED) is 0.592. The molecule has 1 aromatic rings. The molecular weight excluding hydrogens is 375 g/mol. The van der Waals surface area contributed by atoms with Crippen LogP contribution < -0.4 is 10.6 Å². The maximum absolute atomic E-state index is 11.7. The second kappa shape index (κ2) is 8.51. The van der Waals surface area contributed by atoms with E-state index in [0.29, 0.717) is 12.1 Å². The molecule has 0 spiro atoms. The van der Waals surface area contributed by atoms with Gasteiger partial charge in [0.15, 0.2) is 6.61 Å². The van der Waals surface area contributed by atoms with Crippen LogP contribution in [-0.2, 0) is 9.53 Å². The number of benzene rings is 1. The molecule has 0 aliphatic heterocycles. The number of carbonyl (C=O) groups excluding carboxylic acids is 3. The lowest BCUT2D eigenvalue weighted by Crippen LogP contribution is -2.41. The number of nitrogens with one attached hydrogen (secondary N) is 2. The number of hydrogen-bond donors (Lipinski definition) is 2. The molecule has 0 fully saturated rings. The molecule has 3 amide bonds. The molecule has 0 unspecified atom stereocenters. The highest BCUT2D eigenvalue weighted by molar-refractivity contribution is 14.1. The molecule has 2 N–H and O–H groups in total. The van der Waals surface area contributed by atoms with Gasteiger partial charge in [0, 0.05) is 10.1 Å². The van der Waals surface area contributed by atoms with Crippen molar-refractivity contribution in [3.05, 3.63) is 33.4 Å². The maximum atomic E-state index is 11.7. The number of imide groups is 1. The van der Waals surface area contributed by atoms with Crippen LogP contribution in [0.5, 0.6) is 0 Å². The van der Waals surface area contributed by atoms with Gasteiger partial charge < -0.3 is 10.1 Å². The normalized spacial score (nSPS) is 9.70. The summed E-state index contributed by atoms with van der Waals surface area (Å²) in [4.78, 5) is 34.3. The van der Waals surface area contributed by atoms with Crippen molar-refractivity contribution < 1.29 is 19.1 Å². The summed E-state index contributed by atoms with van der Waals surface area (Å²) < 4.78 is 5.57. The van der Waals surface area contributed by atoms with E-state index in [0.717, 1.165) is 9.99 Å². The number of halogens is 1. The van der Waals surface area contributed by atoms with Gasteiger partial charge in [-0.15, -0.1) is 0 Å². The van der Waals surface area contributed by atoms with Gasteiger partial charge in [-0.1, -0.05) is 19.1 Å². The predicted molar refractivity (Wildman–Crippen MR) is 81.3 cm³/mol. The second-order valence-electron chi connectivity index (χ2n) is 3.86. The summed E-state index contributed by atoms with van der Waals surface area (Å²) in [6.07, 6.45) is 0.767. The second-order valence-corrected chi connectivity index (χ2v) is 5.02. The average molecular weight is 390 g/mol. The minimum atomic E-state index is -0.669. The van der Waals surface area contributed by atoms with Gasteiger partial charge >= 0.3 is 12.0 Å². The molecule has 0 radical (unpaired) electrons. The summed E-state index contributed by atoms with van der Waals surface area (Å²) in [5, 5.41) is 4.55. The first kappa shape index (κ1) is 16.4. The molecule has 7 heteroatoms. The third-order valence-corrected chi connectivity index (χ3v) is 3.16. The minimum Gasteiger partial charge on any atom is -0.452 e. The van der Waals surface area contributed by atoms with Crippen LogP contribution >= 0.6 is 22.6 Å². The predicted octanol–water partition coefficient (Wildman–Crippen LogP) is 1.68. The van der Waals surface area contributed by atoms with Gasteiger partial charge in [0.25, 0.3) is 5.91 Å². The van der Waals surface area contributed by atoms with Gasteiger partial charge in [-0.2, -0.15) is 0 Å². The standard InChI is InChI=1S/C13H15IN2O4/c1-2-7-15-13(19)16-11(17)8-20-12(18)9-5-3-4-6-10(9)14/h3-6H,2,7-8H2,1H3,(H2,15,16,17,19). The molecule has 1 aromatic carbocycles. The lowest BCUT2D eigenvalue weighted by Gasteiger charge is -2.07. The summed E-state index contributed by atoms with van der Waals surface area (Å²) in [6, 6.07) is 6.27. The Morgan fingerprint density at radius 2 is 1.95 bits per heavy atom. The van der Waals surface area contributed by atoms with Crippen molar-refractivity contribution in [3.63, 3.8) is 0 Å². The van der Waals surface area contributed by atoms with Crippen LogP contribution in [-0.4, -0.2) is 31.1 Å². The van der Waals surface area contributed by atoms with Crippen LogP contribution in [0.4, 0.5) is 4.79 Å². The summed E-state index contributed by atoms with van der Waals surface area (Å²) in [7, 11) is 0. The number of ether oxygens (including phenoxy) is 1. The van der Waals surface area contributed by atoms with E-state index in [2.05, 4.69) is 10.6 Å². The Bertz CT molecular complexity index is 505. The summed E-state index contributed by atoms with van der Waals surface area (Å²) in [6.45, 7) is 1.87. The van der Waals surface area contributed by atoms with Crippen LogP contribution in [0.15, 0.2) is 24.3 Å². The molecule has 0 aromatic heterocycles. The summed E-state index contributed by atoms with van der Waals surface area (Å²) in [5.41, 5.74) is 0.385. The molecule has 6 nitrogen and oxygen atoms in total. The maximum Gasteiger partial charge on any atom is 0.339 e. The minimum absolute atomic E-state index is 0.385. The van der Waals surface area contributed by atoms with Crippen LogP contribution in [0.1, 0.15) is 23.7 Å². The molecule has 0 atom stereocenters. The fraction of sp³-hybridized carbons (Fsp3) is 0.308. The molecule has 0 saturated heterocycles. The SMILES string of the molecule is CCCNC(=O)NC(=O)COC(=O)c1ccccc1I. The molecule has 0 bridgehead atoms. The van der Waals surface area contributed by atoms with Crippen molar-refractivity contribution in [3.8, 4) is 0 Å². The topological polar surface area (TPSA) is 84.5 Å². The summed E-state index contributed by atoms with van der Waals surface area (Å²) >= 11 is 2.00. The number of urea groups is 1. The Labute approximate surface area is 130 Å². The highest BCUT2D eigenvalue weighted by Gasteiger charge is 2.14. The zero-order valence-corrected chi connectivity index (χ0v) is 13.1. The largest absolute Gasteiger partial charge is 0.452 e. The monoisotopic (exact) mass is 390 g/mol. The van der Waals surface area contributed by atoms with E-state index < -0.39 is 24.5 Å². The zero-order valence-electron chi connectivity index (χ0n) is 10.9. The third-order valence-electron chi connectivity index (χ3n) is 2.22. The Kier molecular flexibility index (Phi) is 6.99. The average Bonchev–Trinajstić information content (AvgIpc) is 2.43. The fourth-order valence-electron chi connectivity index (χ4n) is 1.28. The number of carbonyl (C=O) groups is 3. The molecule has 0 aliphatic rings. The van der Waals surface area contributed by atoms with Crippen LogP contribution in [0, 0.1) is 3.57 Å². The van der Waals surface area contributed by atoms with Crippen molar-refractivity contribution in [2.45, 2.75) is 13.3 Å². The zero-order chi connectivity index (χ0) is 15.0. The van der Waals surface area contributed by atoms with Crippen molar-refractivity contribution >= 4 is 40.5 Å². The molecule has 0 saturated carbocycles. The number of rotatable bonds is 5. The number of amides is 3. The van der Waals surface area contributed by atoms with E-state index in [-0.39, 0.29) is 0 Å². The number of hydrogen-bond acceptors (Lipinski definition) is 4. The van der Waals surface area contributed by atoms with Crippen molar-refractivity contribution in [1.82, 2.24) is 10.6 Å². The van der Waals surface area contributed by atoms with E-state index in [1.807, 2.05) is 29.5 Å². The highest BCUT2D eigenvalue weighted by atomic mass is 127. The number of esters is 1. The van der Waals surface area contributed by atoms with Crippen LogP contribution in [0.2, 0.25) is 0 Å².